The minimum Gasteiger partial charge on any atom is -0.429 e. The van der Waals surface area contributed by atoms with Gasteiger partial charge in [-0.25, -0.2) is 26.3 Å². The molecule has 9 heteroatoms. The van der Waals surface area contributed by atoms with E-state index in [-0.39, 0.29) is 28.2 Å². The van der Waals surface area contributed by atoms with Gasteiger partial charge in [-0.2, -0.15) is 8.78 Å². The lowest BCUT2D eigenvalue weighted by atomic mass is 9.79. The summed E-state index contributed by atoms with van der Waals surface area (Å²) in [6.45, 7) is 2.13. The molecular weight excluding hydrogens is 552 g/mol. The summed E-state index contributed by atoms with van der Waals surface area (Å²) in [4.78, 5) is 0. The lowest BCUT2D eigenvalue weighted by Gasteiger charge is -2.27. The third-order valence-corrected chi connectivity index (χ3v) is 7.58. The van der Waals surface area contributed by atoms with E-state index in [2.05, 4.69) is 11.7 Å². The molecule has 0 amide bonds. The topological polar surface area (TPSA) is 9.23 Å². The van der Waals surface area contributed by atoms with Gasteiger partial charge >= 0.3 is 6.11 Å². The first kappa shape index (κ1) is 28.6. The highest BCUT2D eigenvalue weighted by Crippen LogP contribution is 2.40. The normalized spacial score (nSPS) is 17.5. The van der Waals surface area contributed by atoms with Crippen molar-refractivity contribution in [3.05, 3.63) is 113 Å². The molecule has 1 saturated carbocycles. The molecule has 0 bridgehead atoms. The summed E-state index contributed by atoms with van der Waals surface area (Å²) in [6.07, 6.45) is -0.522. The number of hydrogen-bond acceptors (Lipinski definition) is 1. The van der Waals surface area contributed by atoms with E-state index in [1.54, 1.807) is 6.07 Å². The van der Waals surface area contributed by atoms with Gasteiger partial charge in [0.2, 0.25) is 0 Å². The van der Waals surface area contributed by atoms with Crippen LogP contribution in [0.4, 0.5) is 35.1 Å². The minimum atomic E-state index is -3.95. The van der Waals surface area contributed by atoms with E-state index in [4.69, 9.17) is 0 Å². The van der Waals surface area contributed by atoms with E-state index in [0.29, 0.717) is 29.7 Å². The Morgan fingerprint density at radius 2 is 1.22 bits per heavy atom. The molecule has 0 N–H and O–H groups in total. The first-order valence-electron chi connectivity index (χ1n) is 13.0. The van der Waals surface area contributed by atoms with Crippen molar-refractivity contribution in [3.63, 3.8) is 0 Å². The van der Waals surface area contributed by atoms with E-state index < -0.39 is 52.3 Å². The quantitative estimate of drug-likeness (QED) is 0.164. The number of ether oxygens (including phenoxy) is 1. The molecule has 41 heavy (non-hydrogen) atoms. The molecule has 0 aliphatic heterocycles. The van der Waals surface area contributed by atoms with Gasteiger partial charge in [0.25, 0.3) is 0 Å². The van der Waals surface area contributed by atoms with Gasteiger partial charge in [-0.3, -0.25) is 0 Å². The maximum absolute atomic E-state index is 15.0. The van der Waals surface area contributed by atoms with Crippen LogP contribution in [0.15, 0.2) is 66.7 Å². The molecule has 0 unspecified atom stereocenters. The van der Waals surface area contributed by atoms with Gasteiger partial charge in [0.05, 0.1) is 5.56 Å². The molecule has 5 rings (SSSR count). The van der Waals surface area contributed by atoms with Crippen molar-refractivity contribution in [2.24, 2.45) is 5.92 Å². The van der Waals surface area contributed by atoms with E-state index in [1.165, 1.54) is 18.2 Å². The fourth-order valence-corrected chi connectivity index (χ4v) is 5.23. The van der Waals surface area contributed by atoms with Gasteiger partial charge in [0.1, 0.15) is 11.6 Å². The monoisotopic (exact) mass is 576 g/mol. The highest BCUT2D eigenvalue weighted by molar-refractivity contribution is 5.66. The summed E-state index contributed by atoms with van der Waals surface area (Å²) in [5.41, 5.74) is -0.902. The van der Waals surface area contributed by atoms with E-state index in [1.807, 2.05) is 0 Å². The van der Waals surface area contributed by atoms with Gasteiger partial charge in [-0.15, -0.1) is 0 Å². The Morgan fingerprint density at radius 3 is 1.83 bits per heavy atom. The van der Waals surface area contributed by atoms with E-state index in [0.717, 1.165) is 49.9 Å². The third-order valence-electron chi connectivity index (χ3n) is 7.58. The molecule has 0 heterocycles. The number of hydrogen-bond donors (Lipinski definition) is 0. The van der Waals surface area contributed by atoms with Gasteiger partial charge < -0.3 is 4.74 Å². The second kappa shape index (κ2) is 11.2. The standard InChI is InChI=1S/C32H24F8O/c1-17-2-4-18(5-3-17)24-12-13-25(30(37)29(24)36)19-6-8-21(9-7-19)32(39,40)41-22-10-11-23(26(33)16-22)20-14-27(34)31(38)28(35)15-20/h6-18H,2-5H2,1H3. The third kappa shape index (κ3) is 5.80. The summed E-state index contributed by atoms with van der Waals surface area (Å²) < 4.78 is 119. The predicted octanol–water partition coefficient (Wildman–Crippen LogP) is 10.3. The van der Waals surface area contributed by atoms with Gasteiger partial charge in [-0.05, 0) is 77.8 Å². The van der Waals surface area contributed by atoms with Crippen LogP contribution in [0.2, 0.25) is 0 Å². The van der Waals surface area contributed by atoms with Crippen LogP contribution < -0.4 is 4.74 Å². The molecule has 4 aromatic rings. The van der Waals surface area contributed by atoms with Crippen molar-refractivity contribution in [3.8, 4) is 28.0 Å². The molecule has 0 spiro atoms. The van der Waals surface area contributed by atoms with Crippen molar-refractivity contribution in [1.29, 1.82) is 0 Å². The maximum atomic E-state index is 15.0. The molecule has 1 fully saturated rings. The largest absolute Gasteiger partial charge is 0.429 e. The van der Waals surface area contributed by atoms with Gasteiger partial charge in [0, 0.05) is 17.2 Å². The molecule has 0 atom stereocenters. The second-order valence-corrected chi connectivity index (χ2v) is 10.4. The fourth-order valence-electron chi connectivity index (χ4n) is 5.23. The fraction of sp³-hybridized carbons (Fsp3) is 0.250. The highest BCUT2D eigenvalue weighted by atomic mass is 19.3. The molecule has 1 nitrogen and oxygen atoms in total. The molecule has 4 aromatic carbocycles. The number of rotatable bonds is 6. The van der Waals surface area contributed by atoms with Crippen molar-refractivity contribution >= 4 is 0 Å². The first-order valence-corrected chi connectivity index (χ1v) is 13.0. The zero-order valence-electron chi connectivity index (χ0n) is 21.8. The van der Waals surface area contributed by atoms with Crippen LogP contribution in [-0.4, -0.2) is 0 Å². The Hall–Kier alpha value is -3.88. The number of alkyl halides is 2. The molecule has 1 aliphatic rings. The van der Waals surface area contributed by atoms with Crippen LogP contribution in [0.5, 0.6) is 5.75 Å². The average Bonchev–Trinajstić information content (AvgIpc) is 2.93. The summed E-state index contributed by atoms with van der Waals surface area (Å²) in [6, 6.07) is 11.0. The van der Waals surface area contributed by atoms with E-state index >= 15 is 4.39 Å². The van der Waals surface area contributed by atoms with Crippen molar-refractivity contribution in [2.75, 3.05) is 0 Å². The zero-order valence-corrected chi connectivity index (χ0v) is 21.8. The Balaban J connectivity index is 1.33. The molecule has 214 valence electrons. The minimum absolute atomic E-state index is 0.0649. The van der Waals surface area contributed by atoms with Crippen LogP contribution in [0.3, 0.4) is 0 Å². The Kier molecular flexibility index (Phi) is 7.81. The molecule has 0 aromatic heterocycles. The van der Waals surface area contributed by atoms with Crippen molar-refractivity contribution in [2.45, 2.75) is 44.6 Å². The Morgan fingerprint density at radius 1 is 0.610 bits per heavy atom. The maximum Gasteiger partial charge on any atom is 0.426 e. The Bertz CT molecular complexity index is 1550. The lowest BCUT2D eigenvalue weighted by Crippen LogP contribution is -2.21. The summed E-state index contributed by atoms with van der Waals surface area (Å²) in [7, 11) is 0. The predicted molar refractivity (Wildman–Crippen MR) is 138 cm³/mol. The SMILES string of the molecule is CC1CCC(c2ccc(-c3ccc(C(F)(F)Oc4ccc(-c5cc(F)c(F)c(F)c5)c(F)c4)cc3)c(F)c2F)CC1. The van der Waals surface area contributed by atoms with Crippen LogP contribution in [-0.2, 0) is 6.11 Å². The molecule has 0 radical (unpaired) electrons. The molecule has 1 aliphatic carbocycles. The van der Waals surface area contributed by atoms with Crippen LogP contribution in [0.25, 0.3) is 22.3 Å². The Labute approximate surface area is 231 Å². The van der Waals surface area contributed by atoms with E-state index in [9.17, 15) is 30.7 Å². The summed E-state index contributed by atoms with van der Waals surface area (Å²) in [5, 5.41) is 0. The smallest absolute Gasteiger partial charge is 0.426 e. The van der Waals surface area contributed by atoms with Crippen LogP contribution >= 0.6 is 0 Å². The average molecular weight is 577 g/mol. The first-order chi connectivity index (χ1) is 19.4. The van der Waals surface area contributed by atoms with Crippen molar-refractivity contribution in [1.82, 2.24) is 0 Å². The van der Waals surface area contributed by atoms with Gasteiger partial charge in [-0.1, -0.05) is 44.0 Å². The van der Waals surface area contributed by atoms with Crippen LogP contribution in [0, 0.1) is 40.8 Å². The highest BCUT2D eigenvalue weighted by Gasteiger charge is 2.35. The molecule has 0 saturated heterocycles. The van der Waals surface area contributed by atoms with Crippen molar-refractivity contribution < 1.29 is 39.9 Å². The van der Waals surface area contributed by atoms with Gasteiger partial charge in [0.15, 0.2) is 29.1 Å². The number of halogens is 8. The summed E-state index contributed by atoms with van der Waals surface area (Å²) in [5.74, 6) is -8.02. The molecular formula is C32H24F8O. The number of benzene rings is 4. The summed E-state index contributed by atoms with van der Waals surface area (Å²) >= 11 is 0. The second-order valence-electron chi connectivity index (χ2n) is 10.4. The van der Waals surface area contributed by atoms with Crippen LogP contribution in [0.1, 0.15) is 49.7 Å². The zero-order chi connectivity index (χ0) is 29.5. The lowest BCUT2D eigenvalue weighted by molar-refractivity contribution is -0.185.